The first-order valence-corrected chi connectivity index (χ1v) is 9.40. The number of ether oxygens (including phenoxy) is 1. The highest BCUT2D eigenvalue weighted by Crippen LogP contribution is 2.38. The SMILES string of the molecule is CN=C(NCC1(C(=O)N(C)C)CCCC1)N(C)CCOc1ccc(F)cc1.I. The highest BCUT2D eigenvalue weighted by molar-refractivity contribution is 14.0. The Morgan fingerprint density at radius 1 is 1.21 bits per heavy atom. The lowest BCUT2D eigenvalue weighted by Gasteiger charge is -2.32. The lowest BCUT2D eigenvalue weighted by molar-refractivity contribution is -0.138. The van der Waals surface area contributed by atoms with Gasteiger partial charge in [-0.3, -0.25) is 9.79 Å². The van der Waals surface area contributed by atoms with Gasteiger partial charge >= 0.3 is 0 Å². The molecule has 0 bridgehead atoms. The molecule has 0 spiro atoms. The Morgan fingerprint density at radius 3 is 2.36 bits per heavy atom. The van der Waals surface area contributed by atoms with Gasteiger partial charge in [0.05, 0.1) is 12.0 Å². The maximum Gasteiger partial charge on any atom is 0.230 e. The van der Waals surface area contributed by atoms with Crippen molar-refractivity contribution in [3.63, 3.8) is 0 Å². The van der Waals surface area contributed by atoms with Crippen molar-refractivity contribution in [2.45, 2.75) is 25.7 Å². The zero-order chi connectivity index (χ0) is 19.9. The molecule has 1 aromatic rings. The Bertz CT molecular complexity index is 646. The Kier molecular flexibility index (Phi) is 9.98. The summed E-state index contributed by atoms with van der Waals surface area (Å²) in [6, 6.07) is 5.98. The number of aliphatic imine (C=N–C) groups is 1. The summed E-state index contributed by atoms with van der Waals surface area (Å²) in [5, 5.41) is 3.37. The molecule has 0 aliphatic heterocycles. The number of hydrogen-bond acceptors (Lipinski definition) is 3. The molecule has 1 fully saturated rings. The number of nitrogens with zero attached hydrogens (tertiary/aromatic N) is 3. The molecule has 1 aromatic carbocycles. The third kappa shape index (κ3) is 6.49. The number of carbonyl (C=O) groups excluding carboxylic acids is 1. The van der Waals surface area contributed by atoms with Crippen molar-refractivity contribution in [2.24, 2.45) is 10.4 Å². The molecule has 0 saturated heterocycles. The third-order valence-electron chi connectivity index (χ3n) is 5.09. The fourth-order valence-corrected chi connectivity index (χ4v) is 3.56. The molecule has 28 heavy (non-hydrogen) atoms. The molecule has 2 rings (SSSR count). The summed E-state index contributed by atoms with van der Waals surface area (Å²) >= 11 is 0. The fourth-order valence-electron chi connectivity index (χ4n) is 3.56. The standard InChI is InChI=1S/C20H31FN4O2.HI/c1-22-19(23-15-20(11-5-6-12-20)18(26)24(2)3)25(4)13-14-27-17-9-7-16(21)8-10-17;/h7-10H,5-6,11-15H2,1-4H3,(H,22,23);1H. The van der Waals surface area contributed by atoms with Crippen molar-refractivity contribution in [2.75, 3.05) is 47.9 Å². The van der Waals surface area contributed by atoms with E-state index in [1.54, 1.807) is 24.1 Å². The van der Waals surface area contributed by atoms with Crippen LogP contribution in [0.1, 0.15) is 25.7 Å². The Morgan fingerprint density at radius 2 is 1.82 bits per heavy atom. The van der Waals surface area contributed by atoms with Crippen LogP contribution in [0, 0.1) is 11.2 Å². The number of likely N-dealkylation sites (N-methyl/N-ethyl adjacent to an activating group) is 1. The second-order valence-electron chi connectivity index (χ2n) is 7.31. The van der Waals surface area contributed by atoms with E-state index in [1.807, 2.05) is 26.0 Å². The average molecular weight is 506 g/mol. The number of guanidine groups is 1. The number of benzene rings is 1. The first-order valence-electron chi connectivity index (χ1n) is 9.40. The number of rotatable bonds is 7. The molecular formula is C20H32FIN4O2. The molecule has 1 amide bonds. The van der Waals surface area contributed by atoms with E-state index in [-0.39, 0.29) is 41.1 Å². The smallest absolute Gasteiger partial charge is 0.230 e. The maximum absolute atomic E-state index is 12.9. The van der Waals surface area contributed by atoms with Crippen LogP contribution < -0.4 is 10.1 Å². The minimum Gasteiger partial charge on any atom is -0.492 e. The van der Waals surface area contributed by atoms with Crippen LogP contribution in [0.2, 0.25) is 0 Å². The van der Waals surface area contributed by atoms with Crippen molar-refractivity contribution < 1.29 is 13.9 Å². The van der Waals surface area contributed by atoms with Gasteiger partial charge < -0.3 is 19.9 Å². The molecule has 1 saturated carbocycles. The summed E-state index contributed by atoms with van der Waals surface area (Å²) in [4.78, 5) is 20.7. The van der Waals surface area contributed by atoms with Crippen molar-refractivity contribution in [1.29, 1.82) is 0 Å². The van der Waals surface area contributed by atoms with Crippen LogP contribution in [0.15, 0.2) is 29.3 Å². The van der Waals surface area contributed by atoms with Gasteiger partial charge in [-0.05, 0) is 37.1 Å². The Hall–Kier alpha value is -1.58. The lowest BCUT2D eigenvalue weighted by Crippen LogP contribution is -2.50. The van der Waals surface area contributed by atoms with Gasteiger partial charge in [-0.2, -0.15) is 0 Å². The predicted octanol–water partition coefficient (Wildman–Crippen LogP) is 2.98. The average Bonchev–Trinajstić information content (AvgIpc) is 3.13. The number of halogens is 2. The van der Waals surface area contributed by atoms with Crippen molar-refractivity contribution in [3.8, 4) is 5.75 Å². The molecule has 0 radical (unpaired) electrons. The van der Waals surface area contributed by atoms with Gasteiger partial charge in [-0.25, -0.2) is 4.39 Å². The van der Waals surface area contributed by atoms with Crippen LogP contribution in [0.4, 0.5) is 4.39 Å². The molecule has 0 aromatic heterocycles. The molecule has 1 aliphatic rings. The summed E-state index contributed by atoms with van der Waals surface area (Å²) in [7, 11) is 7.29. The Balaban J connectivity index is 0.00000392. The normalized spacial score (nSPS) is 15.5. The second-order valence-corrected chi connectivity index (χ2v) is 7.31. The van der Waals surface area contributed by atoms with E-state index in [2.05, 4.69) is 10.3 Å². The van der Waals surface area contributed by atoms with E-state index in [4.69, 9.17) is 4.74 Å². The van der Waals surface area contributed by atoms with Gasteiger partial charge in [0, 0.05) is 34.7 Å². The predicted molar refractivity (Wildman–Crippen MR) is 121 cm³/mol. The number of carbonyl (C=O) groups is 1. The summed E-state index contributed by atoms with van der Waals surface area (Å²) in [5.41, 5.74) is -0.342. The van der Waals surface area contributed by atoms with Crippen LogP contribution in [-0.2, 0) is 4.79 Å². The zero-order valence-electron chi connectivity index (χ0n) is 17.2. The van der Waals surface area contributed by atoms with Gasteiger partial charge in [0.1, 0.15) is 18.2 Å². The fraction of sp³-hybridized carbons (Fsp3) is 0.600. The number of nitrogens with one attached hydrogen (secondary N) is 1. The molecule has 0 atom stereocenters. The highest BCUT2D eigenvalue weighted by Gasteiger charge is 2.42. The quantitative estimate of drug-likeness (QED) is 0.351. The van der Waals surface area contributed by atoms with Crippen molar-refractivity contribution >= 4 is 35.8 Å². The van der Waals surface area contributed by atoms with Crippen LogP contribution in [-0.4, -0.2) is 69.6 Å². The summed E-state index contributed by atoms with van der Waals surface area (Å²) < 4.78 is 18.6. The van der Waals surface area contributed by atoms with Crippen molar-refractivity contribution in [3.05, 3.63) is 30.1 Å². The van der Waals surface area contributed by atoms with E-state index < -0.39 is 0 Å². The third-order valence-corrected chi connectivity index (χ3v) is 5.09. The van der Waals surface area contributed by atoms with E-state index in [0.717, 1.165) is 31.6 Å². The molecule has 6 nitrogen and oxygen atoms in total. The molecule has 8 heteroatoms. The van der Waals surface area contributed by atoms with Gasteiger partial charge in [-0.15, -0.1) is 24.0 Å². The minimum atomic E-state index is -0.342. The molecule has 158 valence electrons. The number of amides is 1. The summed E-state index contributed by atoms with van der Waals surface area (Å²) in [6.07, 6.45) is 3.99. The monoisotopic (exact) mass is 506 g/mol. The molecule has 1 aliphatic carbocycles. The zero-order valence-corrected chi connectivity index (χ0v) is 19.5. The summed E-state index contributed by atoms with van der Waals surface area (Å²) in [5.74, 6) is 1.27. The largest absolute Gasteiger partial charge is 0.492 e. The molecule has 0 unspecified atom stereocenters. The minimum absolute atomic E-state index is 0. The van der Waals surface area contributed by atoms with Crippen molar-refractivity contribution in [1.82, 2.24) is 15.1 Å². The topological polar surface area (TPSA) is 57.2 Å². The van der Waals surface area contributed by atoms with E-state index in [9.17, 15) is 9.18 Å². The van der Waals surface area contributed by atoms with Gasteiger partial charge in [0.25, 0.3) is 0 Å². The van der Waals surface area contributed by atoms with Crippen LogP contribution in [0.5, 0.6) is 5.75 Å². The maximum atomic E-state index is 12.9. The molecule has 0 heterocycles. The second kappa shape index (κ2) is 11.4. The summed E-state index contributed by atoms with van der Waals surface area (Å²) in [6.45, 7) is 1.65. The first-order chi connectivity index (χ1) is 12.9. The first kappa shape index (κ1) is 24.5. The van der Waals surface area contributed by atoms with Gasteiger partial charge in [0.15, 0.2) is 5.96 Å². The lowest BCUT2D eigenvalue weighted by atomic mass is 9.84. The molecular weight excluding hydrogens is 474 g/mol. The van der Waals surface area contributed by atoms with Gasteiger partial charge in [0.2, 0.25) is 5.91 Å². The van der Waals surface area contributed by atoms with Gasteiger partial charge in [-0.1, -0.05) is 12.8 Å². The van der Waals surface area contributed by atoms with E-state index in [0.29, 0.717) is 25.4 Å². The molecule has 1 N–H and O–H groups in total. The van der Waals surface area contributed by atoms with E-state index >= 15 is 0 Å². The van der Waals surface area contributed by atoms with E-state index in [1.165, 1.54) is 12.1 Å². The number of hydrogen-bond donors (Lipinski definition) is 1. The van der Waals surface area contributed by atoms with Crippen LogP contribution >= 0.6 is 24.0 Å². The highest BCUT2D eigenvalue weighted by atomic mass is 127. The van der Waals surface area contributed by atoms with Crippen LogP contribution in [0.25, 0.3) is 0 Å². The Labute approximate surface area is 184 Å². The van der Waals surface area contributed by atoms with Crippen LogP contribution in [0.3, 0.4) is 0 Å².